The summed E-state index contributed by atoms with van der Waals surface area (Å²) in [5, 5.41) is 3.06. The molecule has 0 aromatic heterocycles. The zero-order chi connectivity index (χ0) is 21.8. The highest BCUT2D eigenvalue weighted by Gasteiger charge is 2.28. The highest BCUT2D eigenvalue weighted by molar-refractivity contribution is 5.68. The molecule has 4 aliphatic rings. The van der Waals surface area contributed by atoms with E-state index in [2.05, 4.69) is 28.4 Å². The maximum Gasteiger partial charge on any atom is 0.407 e. The molecule has 1 atom stereocenters. The number of nitrogens with one attached hydrogen (secondary N) is 1. The summed E-state index contributed by atoms with van der Waals surface area (Å²) < 4.78 is 11.3. The van der Waals surface area contributed by atoms with Crippen LogP contribution in [0.4, 0.5) is 4.79 Å². The second-order valence-electron chi connectivity index (χ2n) is 10.4. The van der Waals surface area contributed by atoms with E-state index in [1.807, 2.05) is 33.1 Å². The molecule has 2 fully saturated rings. The second-order valence-corrected chi connectivity index (χ2v) is 10.4. The van der Waals surface area contributed by atoms with Gasteiger partial charge in [0, 0.05) is 23.2 Å². The second kappa shape index (κ2) is 9.64. The summed E-state index contributed by atoms with van der Waals surface area (Å²) in [4.78, 5) is 14.7. The fourth-order valence-electron chi connectivity index (χ4n) is 5.22. The van der Waals surface area contributed by atoms with Gasteiger partial charge in [0.1, 0.15) is 11.4 Å². The maximum absolute atomic E-state index is 12.0. The average molecular weight is 427 g/mol. The number of nitrogens with zero attached hydrogens (tertiary/aromatic N) is 1. The number of hydrogen-bond acceptors (Lipinski definition) is 4. The molecule has 2 aliphatic carbocycles. The number of piperidine rings is 1. The van der Waals surface area contributed by atoms with Crippen LogP contribution < -0.4 is 5.32 Å². The van der Waals surface area contributed by atoms with Crippen molar-refractivity contribution >= 4 is 6.09 Å². The predicted octanol–water partition coefficient (Wildman–Crippen LogP) is 6.39. The summed E-state index contributed by atoms with van der Waals surface area (Å²) in [6.45, 7) is 8.05. The number of hydrogen-bond donors (Lipinski definition) is 1. The van der Waals surface area contributed by atoms with E-state index in [0.29, 0.717) is 6.04 Å². The van der Waals surface area contributed by atoms with E-state index in [9.17, 15) is 4.79 Å². The van der Waals surface area contributed by atoms with Crippen LogP contribution in [0, 0.1) is 5.92 Å². The van der Waals surface area contributed by atoms with E-state index in [1.54, 1.807) is 0 Å². The molecule has 2 heterocycles. The van der Waals surface area contributed by atoms with Crippen LogP contribution in [0.15, 0.2) is 34.9 Å². The van der Waals surface area contributed by atoms with Crippen molar-refractivity contribution < 1.29 is 13.9 Å². The molecule has 170 valence electrons. The molecule has 1 saturated carbocycles. The van der Waals surface area contributed by atoms with Gasteiger partial charge in [0.05, 0.1) is 6.26 Å². The van der Waals surface area contributed by atoms with Crippen LogP contribution in [0.2, 0.25) is 0 Å². The van der Waals surface area contributed by atoms with Crippen molar-refractivity contribution in [1.29, 1.82) is 0 Å². The lowest BCUT2D eigenvalue weighted by atomic mass is 9.83. The Morgan fingerprint density at radius 1 is 1.16 bits per heavy atom. The third-order valence-electron chi connectivity index (χ3n) is 6.84. The molecule has 2 aliphatic heterocycles. The van der Waals surface area contributed by atoms with Gasteiger partial charge in [-0.25, -0.2) is 4.79 Å². The minimum atomic E-state index is -0.438. The number of carbonyl (C=O) groups excluding carboxylic acids is 1. The summed E-state index contributed by atoms with van der Waals surface area (Å²) >= 11 is 0. The number of likely N-dealkylation sites (tertiary alicyclic amines) is 1. The molecule has 0 aromatic carbocycles. The van der Waals surface area contributed by atoms with Crippen molar-refractivity contribution in [2.24, 2.45) is 5.92 Å². The van der Waals surface area contributed by atoms with Crippen LogP contribution in [-0.4, -0.2) is 35.7 Å². The van der Waals surface area contributed by atoms with Gasteiger partial charge < -0.3 is 14.5 Å². The first-order valence-electron chi connectivity index (χ1n) is 12.1. The average Bonchev–Trinajstić information content (AvgIpc) is 3.20. The Labute approximate surface area is 186 Å². The Balaban J connectivity index is 1.26. The molecule has 5 nitrogen and oxygen atoms in total. The van der Waals surface area contributed by atoms with Gasteiger partial charge in [0.15, 0.2) is 0 Å². The van der Waals surface area contributed by atoms with E-state index < -0.39 is 5.60 Å². The third kappa shape index (κ3) is 6.03. The summed E-state index contributed by atoms with van der Waals surface area (Å²) in [5.74, 6) is 1.73. The molecule has 0 bridgehead atoms. The number of amides is 1. The van der Waals surface area contributed by atoms with E-state index in [-0.39, 0.29) is 12.1 Å². The lowest BCUT2D eigenvalue weighted by molar-refractivity contribution is 0.0484. The Bertz CT molecular complexity index is 816. The number of rotatable bonds is 5. The van der Waals surface area contributed by atoms with E-state index in [1.165, 1.54) is 56.2 Å². The molecule has 5 heteroatoms. The zero-order valence-corrected chi connectivity index (χ0v) is 19.4. The van der Waals surface area contributed by atoms with Crippen LogP contribution in [0.25, 0.3) is 11.3 Å². The Kier molecular flexibility index (Phi) is 6.90. The van der Waals surface area contributed by atoms with Crippen LogP contribution in [-0.2, 0) is 4.74 Å². The van der Waals surface area contributed by atoms with Gasteiger partial charge in [-0.05, 0) is 96.9 Å². The number of alkyl carbamates (subject to hydrolysis) is 1. The fraction of sp³-hybridized carbons (Fsp3) is 0.654. The lowest BCUT2D eigenvalue weighted by Crippen LogP contribution is -2.41. The molecule has 1 saturated heterocycles. The third-order valence-corrected chi connectivity index (χ3v) is 6.84. The largest absolute Gasteiger partial charge is 0.464 e. The number of ether oxygens (including phenoxy) is 1. The molecular formula is C26H38N2O3. The molecule has 31 heavy (non-hydrogen) atoms. The van der Waals surface area contributed by atoms with Crippen molar-refractivity contribution in [2.45, 2.75) is 89.8 Å². The molecule has 1 unspecified atom stereocenters. The maximum atomic E-state index is 12.0. The van der Waals surface area contributed by atoms with E-state index >= 15 is 0 Å². The van der Waals surface area contributed by atoms with Crippen molar-refractivity contribution in [3.05, 3.63) is 36.1 Å². The molecule has 1 amide bonds. The SMILES string of the molecule is CC(C)(C)OC(=O)N[C@H]1CC[C@H](CCN2CCCCC2c2coc3cccc-3c2)CC1. The van der Waals surface area contributed by atoms with Gasteiger partial charge in [-0.2, -0.15) is 0 Å². The first-order valence-corrected chi connectivity index (χ1v) is 12.1. The number of carbonyl (C=O) groups is 1. The molecular weight excluding hydrogens is 388 g/mol. The van der Waals surface area contributed by atoms with Crippen molar-refractivity contribution in [3.63, 3.8) is 0 Å². The normalized spacial score (nSPS) is 25.5. The van der Waals surface area contributed by atoms with Crippen LogP contribution in [0.3, 0.4) is 0 Å². The minimum Gasteiger partial charge on any atom is -0.464 e. The highest BCUT2D eigenvalue weighted by atomic mass is 16.6. The molecule has 0 radical (unpaired) electrons. The van der Waals surface area contributed by atoms with Gasteiger partial charge in [-0.1, -0.05) is 18.6 Å². The van der Waals surface area contributed by atoms with Gasteiger partial charge in [-0.3, -0.25) is 4.90 Å². The predicted molar refractivity (Wildman–Crippen MR) is 123 cm³/mol. The number of fused-ring (bicyclic) bond motifs is 1. The van der Waals surface area contributed by atoms with Gasteiger partial charge in [-0.15, -0.1) is 0 Å². The summed E-state index contributed by atoms with van der Waals surface area (Å²) in [5.41, 5.74) is 2.09. The summed E-state index contributed by atoms with van der Waals surface area (Å²) in [6, 6.07) is 9.28. The van der Waals surface area contributed by atoms with E-state index in [4.69, 9.17) is 9.15 Å². The molecule has 4 rings (SSSR count). The highest BCUT2D eigenvalue weighted by Crippen LogP contribution is 2.36. The Hall–Kier alpha value is -2.01. The van der Waals surface area contributed by atoms with Gasteiger partial charge in [0.2, 0.25) is 0 Å². The van der Waals surface area contributed by atoms with Crippen molar-refractivity contribution in [3.8, 4) is 11.3 Å². The van der Waals surface area contributed by atoms with E-state index in [0.717, 1.165) is 31.1 Å². The van der Waals surface area contributed by atoms with Crippen LogP contribution in [0.5, 0.6) is 0 Å². The van der Waals surface area contributed by atoms with Gasteiger partial charge in [0.25, 0.3) is 0 Å². The topological polar surface area (TPSA) is 54.7 Å². The van der Waals surface area contributed by atoms with Crippen LogP contribution >= 0.6 is 0 Å². The molecule has 1 N–H and O–H groups in total. The smallest absolute Gasteiger partial charge is 0.407 e. The first-order chi connectivity index (χ1) is 14.9. The quantitative estimate of drug-likeness (QED) is 0.602. The lowest BCUT2D eigenvalue weighted by Gasteiger charge is -2.37. The van der Waals surface area contributed by atoms with Crippen LogP contribution in [0.1, 0.15) is 83.7 Å². The van der Waals surface area contributed by atoms with Crippen molar-refractivity contribution in [2.75, 3.05) is 13.1 Å². The van der Waals surface area contributed by atoms with Gasteiger partial charge >= 0.3 is 6.09 Å². The molecule has 0 aromatic rings. The summed E-state index contributed by atoms with van der Waals surface area (Å²) in [6.07, 6.45) is 11.2. The molecule has 0 spiro atoms. The monoisotopic (exact) mass is 426 g/mol. The van der Waals surface area contributed by atoms with Crippen molar-refractivity contribution in [1.82, 2.24) is 10.2 Å². The zero-order valence-electron chi connectivity index (χ0n) is 19.4. The fourth-order valence-corrected chi connectivity index (χ4v) is 5.22. The summed E-state index contributed by atoms with van der Waals surface area (Å²) in [7, 11) is 0. The standard InChI is InChI=1S/C26H38N2O3/c1-26(2,3)31-25(29)27-22-12-10-19(11-13-22)14-16-28-15-5-4-8-23(28)21-17-20-7-6-9-24(20)30-18-21/h6-7,9,17-19,22-23H,4-5,8,10-16H2,1-3H3,(H,27,29)/t19-,22-,23?. The Morgan fingerprint density at radius 2 is 1.97 bits per heavy atom. The Morgan fingerprint density at radius 3 is 2.74 bits per heavy atom. The first kappa shape index (κ1) is 22.2. The minimum absolute atomic E-state index is 0.256.